The summed E-state index contributed by atoms with van der Waals surface area (Å²) >= 11 is 0. The molecule has 0 aliphatic carbocycles. The predicted molar refractivity (Wildman–Crippen MR) is 72.0 cm³/mol. The number of hydrogen-bond donors (Lipinski definition) is 3. The van der Waals surface area contributed by atoms with Crippen molar-refractivity contribution in [1.82, 2.24) is 15.2 Å². The average Bonchev–Trinajstić information content (AvgIpc) is 2.35. The van der Waals surface area contributed by atoms with Crippen LogP contribution in [0.25, 0.3) is 0 Å². The van der Waals surface area contributed by atoms with Crippen molar-refractivity contribution in [2.45, 2.75) is 6.61 Å². The number of phosphoric acid groups is 1. The topological polar surface area (TPSA) is 112 Å². The lowest BCUT2D eigenvalue weighted by molar-refractivity contribution is 0.0945. The molecular weight excluding hydrogens is 286 g/mol. The van der Waals surface area contributed by atoms with Gasteiger partial charge in [-0.1, -0.05) is 6.07 Å². The Bertz CT molecular complexity index is 485. The minimum absolute atomic E-state index is 0.240. The van der Waals surface area contributed by atoms with E-state index in [-0.39, 0.29) is 18.2 Å². The highest BCUT2D eigenvalue weighted by atomic mass is 32.2. The molecule has 0 fully saturated rings. The Balaban J connectivity index is 2.49. The van der Waals surface area contributed by atoms with Gasteiger partial charge >= 0.3 is 7.82 Å². The summed E-state index contributed by atoms with van der Waals surface area (Å²) in [4.78, 5) is 34.7. The first kappa shape index (κ1) is 16.7. The van der Waals surface area contributed by atoms with Crippen LogP contribution < -0.4 is 5.32 Å². The third-order valence-electron chi connectivity index (χ3n) is 2.30. The van der Waals surface area contributed by atoms with Crippen molar-refractivity contribution in [3.05, 3.63) is 29.6 Å². The SMILES string of the molecule is CN(C)CCNC(=O)c1ccc(CO[32P](=O)(O)O)cn1. The van der Waals surface area contributed by atoms with Crippen LogP contribution in [0.2, 0.25) is 0 Å². The first-order valence-corrected chi connectivity index (χ1v) is 7.39. The van der Waals surface area contributed by atoms with Gasteiger partial charge in [-0.3, -0.25) is 14.3 Å². The summed E-state index contributed by atoms with van der Waals surface area (Å²) in [5.74, 6) is -0.297. The van der Waals surface area contributed by atoms with Crippen LogP contribution >= 0.6 is 7.82 Å². The van der Waals surface area contributed by atoms with Crippen LogP contribution in [0.1, 0.15) is 16.1 Å². The van der Waals surface area contributed by atoms with Crippen molar-refractivity contribution in [3.63, 3.8) is 0 Å². The molecule has 3 N–H and O–H groups in total. The molecule has 9 heteroatoms. The maximum Gasteiger partial charge on any atom is 0.469 e. The van der Waals surface area contributed by atoms with E-state index in [0.717, 1.165) is 6.54 Å². The van der Waals surface area contributed by atoms with Gasteiger partial charge in [0.25, 0.3) is 5.91 Å². The maximum atomic E-state index is 11.7. The largest absolute Gasteiger partial charge is 0.469 e. The van der Waals surface area contributed by atoms with E-state index in [1.165, 1.54) is 18.3 Å². The van der Waals surface area contributed by atoms with E-state index in [9.17, 15) is 9.36 Å². The molecular formula is C11H18N3O5P. The van der Waals surface area contributed by atoms with E-state index in [2.05, 4.69) is 14.8 Å². The summed E-state index contributed by atoms with van der Waals surface area (Å²) in [6.07, 6.45) is 1.34. The molecule has 0 atom stereocenters. The Morgan fingerprint density at radius 2 is 2.15 bits per heavy atom. The Morgan fingerprint density at radius 1 is 1.45 bits per heavy atom. The fourth-order valence-corrected chi connectivity index (χ4v) is 1.60. The van der Waals surface area contributed by atoms with Crippen molar-refractivity contribution < 1.29 is 23.7 Å². The summed E-state index contributed by atoms with van der Waals surface area (Å²) in [5.41, 5.74) is 0.710. The second-order valence-electron chi connectivity index (χ2n) is 4.37. The van der Waals surface area contributed by atoms with Gasteiger partial charge in [-0.15, -0.1) is 0 Å². The predicted octanol–water partition coefficient (Wildman–Crippen LogP) is -0.0177. The first-order chi connectivity index (χ1) is 9.28. The zero-order valence-electron chi connectivity index (χ0n) is 11.3. The van der Waals surface area contributed by atoms with Crippen molar-refractivity contribution in [2.75, 3.05) is 27.2 Å². The van der Waals surface area contributed by atoms with Gasteiger partial charge in [0, 0.05) is 19.3 Å². The number of hydrogen-bond acceptors (Lipinski definition) is 5. The van der Waals surface area contributed by atoms with Gasteiger partial charge in [0.15, 0.2) is 0 Å². The van der Waals surface area contributed by atoms with E-state index < -0.39 is 7.82 Å². The maximum absolute atomic E-state index is 11.7. The van der Waals surface area contributed by atoms with Crippen LogP contribution in [0.3, 0.4) is 0 Å². The van der Waals surface area contributed by atoms with Crippen molar-refractivity contribution in [2.24, 2.45) is 0 Å². The van der Waals surface area contributed by atoms with E-state index in [1.54, 1.807) is 0 Å². The number of carbonyl (C=O) groups excluding carboxylic acids is 1. The Labute approximate surface area is 117 Å². The van der Waals surface area contributed by atoms with Crippen LogP contribution in [-0.4, -0.2) is 52.8 Å². The number of pyridine rings is 1. The van der Waals surface area contributed by atoms with E-state index in [0.29, 0.717) is 12.1 Å². The smallest absolute Gasteiger partial charge is 0.349 e. The molecule has 1 aromatic rings. The van der Waals surface area contributed by atoms with Crippen molar-refractivity contribution >= 4 is 13.7 Å². The highest BCUT2D eigenvalue weighted by Crippen LogP contribution is 2.36. The quantitative estimate of drug-likeness (QED) is 0.607. The molecule has 0 saturated heterocycles. The standard InChI is InChI=1S/C11H18N3O5P/c1-14(2)6-5-12-11(15)10-4-3-9(7-13-10)8-19-20(16,17)18/h3-4,7H,5-6,8H2,1-2H3,(H,12,15)(H2,16,17,18)/i20+1. The molecule has 0 aromatic carbocycles. The van der Waals surface area contributed by atoms with Crippen LogP contribution in [0.5, 0.6) is 0 Å². The third kappa shape index (κ3) is 6.74. The molecule has 20 heavy (non-hydrogen) atoms. The fourth-order valence-electron chi connectivity index (χ4n) is 1.29. The monoisotopic (exact) mass is 304 g/mol. The molecule has 0 radical (unpaired) electrons. The average molecular weight is 304 g/mol. The highest BCUT2D eigenvalue weighted by molar-refractivity contribution is 7.46. The summed E-state index contributed by atoms with van der Waals surface area (Å²) in [7, 11) is -0.692. The molecule has 0 bridgehead atoms. The van der Waals surface area contributed by atoms with Gasteiger partial charge < -0.3 is 20.0 Å². The molecule has 8 nitrogen and oxygen atoms in total. The number of phosphoric ester groups is 1. The van der Waals surface area contributed by atoms with Crippen molar-refractivity contribution in [1.29, 1.82) is 0 Å². The second-order valence-corrected chi connectivity index (χ2v) is 5.61. The molecule has 0 saturated carbocycles. The zero-order chi connectivity index (χ0) is 15.2. The fraction of sp³-hybridized carbons (Fsp3) is 0.455. The number of amides is 1. The summed E-state index contributed by atoms with van der Waals surface area (Å²) < 4.78 is 14.9. The number of carbonyl (C=O) groups is 1. The van der Waals surface area contributed by atoms with Gasteiger partial charge in [-0.05, 0) is 25.7 Å². The van der Waals surface area contributed by atoms with Crippen LogP contribution in [0.4, 0.5) is 0 Å². The Hall–Kier alpha value is -1.31. The van der Waals surface area contributed by atoms with Gasteiger partial charge in [0.1, 0.15) is 5.69 Å². The number of aromatic nitrogens is 1. The zero-order valence-corrected chi connectivity index (χ0v) is 12.2. The van der Waals surface area contributed by atoms with Crippen molar-refractivity contribution in [3.8, 4) is 0 Å². The molecule has 0 spiro atoms. The molecule has 0 unspecified atom stereocenters. The van der Waals surface area contributed by atoms with Crippen LogP contribution in [-0.2, 0) is 15.7 Å². The van der Waals surface area contributed by atoms with E-state index in [1.807, 2.05) is 19.0 Å². The van der Waals surface area contributed by atoms with E-state index in [4.69, 9.17) is 9.79 Å². The lowest BCUT2D eigenvalue weighted by atomic mass is 10.2. The minimum atomic E-state index is -4.50. The molecule has 1 heterocycles. The molecule has 0 aliphatic heterocycles. The number of nitrogens with one attached hydrogen (secondary N) is 1. The lowest BCUT2D eigenvalue weighted by Crippen LogP contribution is -2.31. The summed E-state index contributed by atoms with van der Waals surface area (Å²) in [6, 6.07) is 3.01. The Morgan fingerprint density at radius 3 is 2.65 bits per heavy atom. The van der Waals surface area contributed by atoms with E-state index >= 15 is 0 Å². The minimum Gasteiger partial charge on any atom is -0.349 e. The normalized spacial score (nSPS) is 11.7. The second kappa shape index (κ2) is 7.47. The van der Waals surface area contributed by atoms with Gasteiger partial charge in [-0.25, -0.2) is 4.57 Å². The Kier molecular flexibility index (Phi) is 6.25. The van der Waals surface area contributed by atoms with Gasteiger partial charge in [0.2, 0.25) is 0 Å². The van der Waals surface area contributed by atoms with Crippen LogP contribution in [0.15, 0.2) is 18.3 Å². The molecule has 1 amide bonds. The van der Waals surface area contributed by atoms with Gasteiger partial charge in [-0.2, -0.15) is 0 Å². The third-order valence-corrected chi connectivity index (χ3v) is 2.77. The number of rotatable bonds is 7. The molecule has 1 aromatic heterocycles. The lowest BCUT2D eigenvalue weighted by Gasteiger charge is -2.10. The first-order valence-electron chi connectivity index (χ1n) is 5.86. The van der Waals surface area contributed by atoms with Gasteiger partial charge in [0.05, 0.1) is 6.61 Å². The molecule has 112 valence electrons. The summed E-state index contributed by atoms with van der Waals surface area (Å²) in [6.45, 7) is 0.969. The molecule has 0 aliphatic rings. The number of nitrogens with zero attached hydrogens (tertiary/aromatic N) is 2. The number of likely N-dealkylation sites (N-methyl/N-ethyl adjacent to an activating group) is 1. The highest BCUT2D eigenvalue weighted by Gasteiger charge is 2.14. The summed E-state index contributed by atoms with van der Waals surface area (Å²) in [5, 5.41) is 2.71. The molecule has 1 rings (SSSR count). The van der Waals surface area contributed by atoms with Crippen LogP contribution in [0, 0.1) is 0 Å².